The van der Waals surface area contributed by atoms with Crippen molar-refractivity contribution in [2.24, 2.45) is 5.11 Å². The average molecular weight is 2100 g/mol. The number of nitrogen functional groups attached to an aromatic ring is 3. The molecule has 149 heavy (non-hydrogen) atoms. The van der Waals surface area contributed by atoms with Crippen LogP contribution in [0.1, 0.15) is 157 Å². The van der Waals surface area contributed by atoms with Gasteiger partial charge in [0.15, 0.2) is 8.32 Å². The molecule has 5 saturated heterocycles. The van der Waals surface area contributed by atoms with Crippen molar-refractivity contribution in [3.63, 3.8) is 0 Å². The summed E-state index contributed by atoms with van der Waals surface area (Å²) in [6.45, 7) is 24.4. The maximum absolute atomic E-state index is 12.1. The van der Waals surface area contributed by atoms with E-state index in [-0.39, 0.29) is 60.0 Å². The third-order valence-electron chi connectivity index (χ3n) is 24.1. The molecule has 768 valence electrons. The molecule has 18 rings (SSSR count). The number of benzene rings is 3. The summed E-state index contributed by atoms with van der Waals surface area (Å²) in [5, 5.41) is 69.6. The van der Waals surface area contributed by atoms with Crippen LogP contribution in [0.15, 0.2) is 204 Å². The van der Waals surface area contributed by atoms with Gasteiger partial charge in [0.1, 0.15) is 57.0 Å². The number of nitrogens with zero attached hydrogens (tertiary/aromatic N) is 27. The number of hydrogen-bond donors (Lipinski definition) is 6. The molecule has 0 aliphatic carbocycles. The fourth-order valence-electron chi connectivity index (χ4n) is 15.8. The zero-order chi connectivity index (χ0) is 108. The summed E-state index contributed by atoms with van der Waals surface area (Å²) in [5.41, 5.74) is 38.0. The lowest BCUT2D eigenvalue weighted by Gasteiger charge is -2.36. The molecule has 0 unspecified atom stereocenters. The van der Waals surface area contributed by atoms with Crippen LogP contribution in [0.2, 0.25) is 18.1 Å². The summed E-state index contributed by atoms with van der Waals surface area (Å²) in [7, 11) is -0.255. The van der Waals surface area contributed by atoms with Gasteiger partial charge in [-0.25, -0.2) is 73.8 Å². The van der Waals surface area contributed by atoms with E-state index in [1.165, 1.54) is 52.2 Å². The number of aliphatic hydroxyl groups excluding tert-OH is 1. The number of esters is 1. The third-order valence-corrected chi connectivity index (χ3v) is 29.1. The van der Waals surface area contributed by atoms with E-state index in [4.69, 9.17) is 82.4 Å². The molecule has 15 heterocycles. The van der Waals surface area contributed by atoms with E-state index < -0.39 is 20.3 Å². The van der Waals surface area contributed by atoms with Crippen molar-refractivity contribution in [2.75, 3.05) is 76.6 Å². The first kappa shape index (κ1) is 115. The van der Waals surface area contributed by atoms with E-state index in [0.717, 1.165) is 112 Å². The molecule has 13 aromatic rings. The Balaban J connectivity index is 0.000000200. The summed E-state index contributed by atoms with van der Waals surface area (Å²) in [5.74, 6) is 5.00. The molecular weight excluding hydrogens is 1980 g/mol. The van der Waals surface area contributed by atoms with Crippen molar-refractivity contribution in [2.45, 2.75) is 187 Å². The van der Waals surface area contributed by atoms with E-state index in [2.05, 4.69) is 190 Å². The van der Waals surface area contributed by atoms with Crippen LogP contribution < -0.4 is 42.1 Å². The number of carboxylic acid groups (broad SMARTS) is 1. The zero-order valence-electron chi connectivity index (χ0n) is 83.7. The van der Waals surface area contributed by atoms with Crippen molar-refractivity contribution >= 4 is 95.8 Å². The van der Waals surface area contributed by atoms with Crippen LogP contribution in [0.25, 0.3) is 67.0 Å². The maximum Gasteiger partial charge on any atom is 0.373 e. The number of terminal acetylenes is 1. The molecule has 45 heteroatoms. The van der Waals surface area contributed by atoms with E-state index in [1.54, 1.807) is 94.6 Å². The van der Waals surface area contributed by atoms with Gasteiger partial charge in [0.05, 0.1) is 138 Å². The van der Waals surface area contributed by atoms with Crippen LogP contribution in [0.3, 0.4) is 0 Å². The summed E-state index contributed by atoms with van der Waals surface area (Å²) in [4.78, 5) is 131. The first-order chi connectivity index (χ1) is 71.7. The highest BCUT2D eigenvalue weighted by molar-refractivity contribution is 9.10. The highest BCUT2D eigenvalue weighted by Crippen LogP contribution is 2.38. The second-order valence-corrected chi connectivity index (χ2v) is 41.1. The number of carbonyl (C=O) groups excluding carboxylic acids is 7. The molecule has 0 amide bonds. The molecule has 5 aliphatic rings. The van der Waals surface area contributed by atoms with Gasteiger partial charge in [-0.05, 0) is 246 Å². The van der Waals surface area contributed by atoms with Crippen LogP contribution in [0.4, 0.5) is 41.1 Å². The Bertz CT molecular complexity index is 6960. The van der Waals surface area contributed by atoms with E-state index in [9.17, 15) is 25.2 Å². The number of ether oxygens (including phenoxy) is 1. The highest BCUT2D eigenvalue weighted by Gasteiger charge is 2.38. The van der Waals surface area contributed by atoms with Crippen LogP contribution in [-0.4, -0.2) is 204 Å². The molecule has 43 nitrogen and oxygen atoms in total. The Kier molecular flexibility index (Phi) is 45.2. The lowest BCUT2D eigenvalue weighted by atomic mass is 10.1. The van der Waals surface area contributed by atoms with E-state index in [0.29, 0.717) is 119 Å². The largest absolute Gasteiger partial charge is 0.480 e. The molecule has 0 saturated carbocycles. The normalized spacial score (nSPS) is 15.3. The topological polar surface area (TPSA) is 622 Å². The number of aliphatic carboxylic acids is 1. The minimum Gasteiger partial charge on any atom is -0.480 e. The molecule has 0 bridgehead atoms. The molecule has 5 fully saturated rings. The van der Waals surface area contributed by atoms with Gasteiger partial charge in [0, 0.05) is 71.6 Å². The van der Waals surface area contributed by atoms with Crippen LogP contribution in [0.5, 0.6) is 0 Å². The van der Waals surface area contributed by atoms with E-state index in [1.807, 2.05) is 119 Å². The van der Waals surface area contributed by atoms with Gasteiger partial charge in [0.25, 0.3) is 0 Å². The number of halogens is 1. The van der Waals surface area contributed by atoms with Gasteiger partial charge in [-0.2, -0.15) is 44.6 Å². The second-order valence-electron chi connectivity index (χ2n) is 35.5. The molecular formula is C104H114BrN31O12Si. The fraction of sp³-hybridized carbons (Fsp3) is 0.337. The molecule has 0 spiro atoms. The average Bonchev–Trinajstić information content (AvgIpc) is 1.79. The first-order valence-corrected chi connectivity index (χ1v) is 51.0. The lowest BCUT2D eigenvalue weighted by molar-refractivity contribution is -0.193. The summed E-state index contributed by atoms with van der Waals surface area (Å²) < 4.78 is 15.2. The Morgan fingerprint density at radius 2 is 0.899 bits per heavy atom. The number of azide groups is 1. The van der Waals surface area contributed by atoms with Crippen LogP contribution in [-0.2, 0) is 80.4 Å². The second kappa shape index (κ2) is 58.5. The van der Waals surface area contributed by atoms with Crippen molar-refractivity contribution < 1.29 is 57.7 Å². The minimum absolute atomic E-state index is 0.0239. The minimum atomic E-state index is -1.66. The Morgan fingerprint density at radius 3 is 1.30 bits per heavy atom. The van der Waals surface area contributed by atoms with Crippen molar-refractivity contribution in [1.82, 2.24) is 90.1 Å². The predicted octanol–water partition coefficient (Wildman–Crippen LogP) is 14.2. The summed E-state index contributed by atoms with van der Waals surface area (Å²) in [6, 6.07) is 62.6. The Labute approximate surface area is 870 Å². The zero-order valence-corrected chi connectivity index (χ0v) is 86.3. The SMILES string of the molecule is C#Cc1cc(-c2cccc(C#N)c2)nc(N)n1.CC(C)(C)[Si](C)(C)OCc1cccc(Br)n1.COC(=O)[C@@H]1CCCN1c1cccc(Cn2cc(-c3cc(-c4cccc(C#N)c4)nc(N)n3)nn2)n1.C[C@@H]1CCCN1.C[C@@H]1CCCN1c1cccc(CN=[N+]=[N-])n1.C[C@@H]1CCCN1c1cccc(CO)n1.N#Cc1cccc(-c2cc(-c3cn(Cc4cccc(N5CCC[C@H]5C(=O)O)n4)nn3)nc(N)n2)c1.O=C=O.O=C=O.O=C=O. The number of rotatable bonds is 21. The number of nitriles is 3. The third kappa shape index (κ3) is 35.5. The molecule has 10 aromatic heterocycles. The Morgan fingerprint density at radius 1 is 0.510 bits per heavy atom. The number of hydrogen-bond acceptors (Lipinski definition) is 38. The number of carboxylic acids is 1. The molecule has 0 radical (unpaired) electrons. The van der Waals surface area contributed by atoms with Gasteiger partial charge in [-0.3, -0.25) is 0 Å². The number of aromatic nitrogens is 17. The smallest absolute Gasteiger partial charge is 0.373 e. The van der Waals surface area contributed by atoms with Gasteiger partial charge in [-0.15, -0.1) is 16.6 Å². The number of pyridine rings is 5. The molecule has 5 atom stereocenters. The number of anilines is 7. The monoisotopic (exact) mass is 2100 g/mol. The van der Waals surface area contributed by atoms with Gasteiger partial charge >= 0.3 is 30.4 Å². The standard InChI is InChI=1S/C25H23N9O2.C24H21N9O2.C13H8N4.C12H20BrNOSi.C11H15N5.C11H16N2O.C5H11N.3CO2/c1-36-24(35)22-8-4-10-34(22)23-9-3-7-18(28-23)14-33-15-21(31-32-33)20-12-19(29-25(27)30-20)17-6-2-5-16(11-17)13-26;25-12-15-4-1-5-16(10-15)18-11-19(29-24(26)28-18)20-14-32(31-30-20)13-17-6-2-8-22(27-17)33-9-3-7-21(33)23(34)35;1-2-11-7-12(17-13(15)16-11)10-5-3-4-9(6-10)8-14;1-12(2,3)16(4,5)15-9-10-7-6-8-11(13)14-10;1-9-4-3-7-16(9)11-6-2-5-10(14-11)8-13-15-12;1-9-4-3-7-13(9)11-6-2-5-10(8-14)12-11;1-5-3-2-4-6-5;3*2-1-3/h2-3,5-7,9,11-12,15,22H,4,8,10,14H2,1H3,(H2,27,29,30);1-2,4-6,8,10-11,14,21H,3,7,9,13H2,(H,34,35)(H2,26,28,29);1,3-7H,(H2,15,16,17);6-8H,9H2,1-5H3;2,5-6,9H,3-4,7-8H2,1H3;2,5-6,9,14H,3-4,7-8H2,1H3;5-6H,2-4H2,1H3;;;/t22-;21-;;;2*9-;5-;;;/m00..111.../s1. The van der Waals surface area contributed by atoms with Gasteiger partial charge in [0.2, 0.25) is 17.8 Å². The number of nitrogens with one attached hydrogen (secondary N) is 1. The molecule has 5 aliphatic heterocycles. The lowest BCUT2D eigenvalue weighted by Crippen LogP contribution is -2.40. The van der Waals surface area contributed by atoms with Gasteiger partial charge in [-0.1, -0.05) is 109 Å². The van der Waals surface area contributed by atoms with Crippen molar-refractivity contribution in [3.8, 4) is 87.1 Å². The maximum atomic E-state index is 12.1. The molecule has 9 N–H and O–H groups in total. The number of methoxy groups -OCH3 is 1. The quantitative estimate of drug-likeness (QED) is 0.00740. The number of aliphatic hydroxyl groups is 1. The predicted molar refractivity (Wildman–Crippen MR) is 558 cm³/mol. The van der Waals surface area contributed by atoms with Crippen LogP contribution >= 0.6 is 15.9 Å². The fourth-order valence-corrected chi connectivity index (χ4v) is 17.2. The number of nitrogens with two attached hydrogens (primary N) is 3. The molecule has 3 aromatic carbocycles. The van der Waals surface area contributed by atoms with Crippen LogP contribution in [0, 0.1) is 46.3 Å². The number of carbonyl (C=O) groups is 2. The first-order valence-electron chi connectivity index (χ1n) is 47.3. The van der Waals surface area contributed by atoms with Crippen molar-refractivity contribution in [3.05, 3.63) is 260 Å². The van der Waals surface area contributed by atoms with Crippen molar-refractivity contribution in [1.29, 1.82) is 15.8 Å². The Hall–Kier alpha value is -17.5. The highest BCUT2D eigenvalue weighted by atomic mass is 79.9. The summed E-state index contributed by atoms with van der Waals surface area (Å²) >= 11 is 3.37. The van der Waals surface area contributed by atoms with Gasteiger partial charge < -0.3 is 61.5 Å². The van der Waals surface area contributed by atoms with E-state index >= 15 is 0 Å². The summed E-state index contributed by atoms with van der Waals surface area (Å²) in [6.07, 6.45) is 20.3.